The zero-order chi connectivity index (χ0) is 21.9. The van der Waals surface area contributed by atoms with Crippen LogP contribution in [0.25, 0.3) is 16.7 Å². The molecule has 0 aliphatic rings. The molecule has 2 N–H and O–H groups in total. The predicted octanol–water partition coefficient (Wildman–Crippen LogP) is 4.04. The highest BCUT2D eigenvalue weighted by Crippen LogP contribution is 2.22. The van der Waals surface area contributed by atoms with E-state index >= 15 is 0 Å². The highest BCUT2D eigenvalue weighted by atomic mass is 35.5. The lowest BCUT2D eigenvalue weighted by atomic mass is 10.1. The molecular weight excluding hydrogens is 426 g/mol. The smallest absolute Gasteiger partial charge is 0.251 e. The maximum Gasteiger partial charge on any atom is 0.251 e. The van der Waals surface area contributed by atoms with Gasteiger partial charge in [0.05, 0.1) is 11.0 Å². The zero-order valence-electron chi connectivity index (χ0n) is 16.9. The van der Waals surface area contributed by atoms with Gasteiger partial charge in [-0.1, -0.05) is 35.9 Å². The van der Waals surface area contributed by atoms with Gasteiger partial charge in [0.1, 0.15) is 0 Å². The molecule has 0 radical (unpaired) electrons. The van der Waals surface area contributed by atoms with Gasteiger partial charge in [-0.3, -0.25) is 4.79 Å². The van der Waals surface area contributed by atoms with Crippen molar-refractivity contribution < 1.29 is 4.79 Å². The lowest BCUT2D eigenvalue weighted by Crippen LogP contribution is -2.25. The van der Waals surface area contributed by atoms with E-state index in [1.165, 1.54) is 0 Å². The molecule has 0 spiro atoms. The van der Waals surface area contributed by atoms with Crippen LogP contribution in [0.3, 0.4) is 0 Å². The van der Waals surface area contributed by atoms with Crippen LogP contribution in [0.4, 0.5) is 11.5 Å². The molecule has 0 aliphatic carbocycles. The molecule has 0 unspecified atom stereocenters. The summed E-state index contributed by atoms with van der Waals surface area (Å²) < 4.78 is 1.65. The van der Waals surface area contributed by atoms with Gasteiger partial charge in [0.2, 0.25) is 5.65 Å². The Kier molecular flexibility index (Phi) is 5.35. The van der Waals surface area contributed by atoms with Crippen molar-refractivity contribution in [2.75, 3.05) is 11.9 Å². The Hall–Kier alpha value is -4.04. The van der Waals surface area contributed by atoms with Crippen LogP contribution >= 0.6 is 11.6 Å². The van der Waals surface area contributed by atoms with E-state index in [1.807, 2.05) is 60.7 Å². The van der Waals surface area contributed by atoms with Crippen molar-refractivity contribution in [2.24, 2.45) is 0 Å². The van der Waals surface area contributed by atoms with Crippen molar-refractivity contribution in [1.29, 1.82) is 0 Å². The van der Waals surface area contributed by atoms with Crippen molar-refractivity contribution in [1.82, 2.24) is 30.3 Å². The zero-order valence-corrected chi connectivity index (χ0v) is 17.6. The number of aromatic nitrogens is 5. The molecule has 9 heteroatoms. The first-order valence-corrected chi connectivity index (χ1v) is 10.4. The van der Waals surface area contributed by atoms with Gasteiger partial charge < -0.3 is 10.6 Å². The van der Waals surface area contributed by atoms with Crippen molar-refractivity contribution in [2.45, 2.75) is 6.42 Å². The summed E-state index contributed by atoms with van der Waals surface area (Å²) >= 11 is 5.90. The van der Waals surface area contributed by atoms with E-state index in [1.54, 1.807) is 16.6 Å². The second-order valence-electron chi connectivity index (χ2n) is 7.20. The van der Waals surface area contributed by atoms with Gasteiger partial charge in [0, 0.05) is 22.8 Å². The van der Waals surface area contributed by atoms with E-state index in [4.69, 9.17) is 11.6 Å². The summed E-state index contributed by atoms with van der Waals surface area (Å²) in [4.78, 5) is 17.1. The van der Waals surface area contributed by atoms with Gasteiger partial charge in [0.25, 0.3) is 5.91 Å². The maximum atomic E-state index is 12.5. The number of hydrogen-bond donors (Lipinski definition) is 2. The molecule has 0 bridgehead atoms. The third-order valence-corrected chi connectivity index (χ3v) is 5.30. The lowest BCUT2D eigenvalue weighted by Gasteiger charge is -2.09. The molecule has 0 atom stereocenters. The third-order valence-electron chi connectivity index (χ3n) is 5.05. The summed E-state index contributed by atoms with van der Waals surface area (Å²) in [5.41, 5.74) is 4.58. The van der Waals surface area contributed by atoms with Gasteiger partial charge in [0.15, 0.2) is 5.82 Å². The predicted molar refractivity (Wildman–Crippen MR) is 123 cm³/mol. The number of para-hydroxylation sites is 2. The van der Waals surface area contributed by atoms with Crippen molar-refractivity contribution in [3.05, 3.63) is 88.9 Å². The van der Waals surface area contributed by atoms with Gasteiger partial charge >= 0.3 is 0 Å². The van der Waals surface area contributed by atoms with Crippen molar-refractivity contribution in [3.63, 3.8) is 0 Å². The van der Waals surface area contributed by atoms with E-state index < -0.39 is 0 Å². The second kappa shape index (κ2) is 8.60. The Balaban J connectivity index is 1.27. The fourth-order valence-electron chi connectivity index (χ4n) is 3.40. The number of hydrogen-bond acceptors (Lipinski definition) is 6. The quantitative estimate of drug-likeness (QED) is 0.411. The topological polar surface area (TPSA) is 97.1 Å². The first-order chi connectivity index (χ1) is 15.7. The Morgan fingerprint density at radius 3 is 2.56 bits per heavy atom. The molecule has 0 fully saturated rings. The normalized spacial score (nSPS) is 11.0. The Bertz CT molecular complexity index is 1400. The van der Waals surface area contributed by atoms with Crippen LogP contribution < -0.4 is 10.6 Å². The van der Waals surface area contributed by atoms with Crippen molar-refractivity contribution in [3.8, 4) is 0 Å². The Morgan fingerprint density at radius 1 is 0.969 bits per heavy atom. The first-order valence-electron chi connectivity index (χ1n) is 10.0. The fourth-order valence-corrected chi connectivity index (χ4v) is 3.53. The number of halogens is 1. The van der Waals surface area contributed by atoms with Crippen LogP contribution in [-0.4, -0.2) is 37.5 Å². The molecule has 0 saturated carbocycles. The third kappa shape index (κ3) is 4.08. The molecule has 0 aliphatic heterocycles. The summed E-state index contributed by atoms with van der Waals surface area (Å²) in [5, 5.41) is 18.8. The SMILES string of the molecule is O=C(NCCc1ccc(Cl)cc1)c1ccc(Nc2nc3ccccc3n3nnnc23)cc1. The molecular formula is C23H18ClN7O. The van der Waals surface area contributed by atoms with Crippen LogP contribution in [0, 0.1) is 0 Å². The van der Waals surface area contributed by atoms with E-state index in [-0.39, 0.29) is 5.91 Å². The van der Waals surface area contributed by atoms with Crippen LogP contribution in [-0.2, 0) is 6.42 Å². The fraction of sp³-hybridized carbons (Fsp3) is 0.0870. The minimum atomic E-state index is -0.126. The Labute approximate surface area is 188 Å². The number of anilines is 2. The number of nitrogens with one attached hydrogen (secondary N) is 2. The van der Waals surface area contributed by atoms with Gasteiger partial charge in [-0.15, -0.1) is 5.10 Å². The van der Waals surface area contributed by atoms with Crippen LogP contribution in [0.1, 0.15) is 15.9 Å². The molecule has 158 valence electrons. The van der Waals surface area contributed by atoms with E-state index in [0.29, 0.717) is 28.6 Å². The standard InChI is InChI=1S/C23H18ClN7O/c24-17-9-5-15(6-10-17)13-14-25-23(32)16-7-11-18(12-8-16)26-21-22-28-29-30-31(22)20-4-2-1-3-19(20)27-21/h1-12H,13-14H2,(H,25,32)(H,26,27). The van der Waals surface area contributed by atoms with Crippen LogP contribution in [0.5, 0.6) is 0 Å². The Morgan fingerprint density at radius 2 is 1.75 bits per heavy atom. The number of carbonyl (C=O) groups is 1. The summed E-state index contributed by atoms with van der Waals surface area (Å²) in [6.45, 7) is 0.541. The van der Waals surface area contributed by atoms with E-state index in [2.05, 4.69) is 31.1 Å². The summed E-state index contributed by atoms with van der Waals surface area (Å²) in [7, 11) is 0. The minimum absolute atomic E-state index is 0.126. The largest absolute Gasteiger partial charge is 0.352 e. The average Bonchev–Trinajstić information content (AvgIpc) is 3.32. The number of benzene rings is 3. The van der Waals surface area contributed by atoms with Gasteiger partial charge in [-0.2, -0.15) is 4.52 Å². The van der Waals surface area contributed by atoms with Crippen LogP contribution in [0.15, 0.2) is 72.8 Å². The summed E-state index contributed by atoms with van der Waals surface area (Å²) in [6.07, 6.45) is 0.735. The molecule has 5 rings (SSSR count). The number of nitrogens with zero attached hydrogens (tertiary/aromatic N) is 5. The highest BCUT2D eigenvalue weighted by molar-refractivity contribution is 6.30. The molecule has 3 aromatic carbocycles. The van der Waals surface area contributed by atoms with E-state index in [9.17, 15) is 4.79 Å². The van der Waals surface area contributed by atoms with Crippen LogP contribution in [0.2, 0.25) is 5.02 Å². The number of fused-ring (bicyclic) bond motifs is 3. The molecule has 2 heterocycles. The van der Waals surface area contributed by atoms with E-state index in [0.717, 1.165) is 28.7 Å². The summed E-state index contributed by atoms with van der Waals surface area (Å²) in [5.74, 6) is 0.409. The summed E-state index contributed by atoms with van der Waals surface area (Å²) in [6, 6.07) is 22.4. The van der Waals surface area contributed by atoms with Crippen molar-refractivity contribution >= 4 is 45.7 Å². The van der Waals surface area contributed by atoms with Gasteiger partial charge in [-0.05, 0) is 70.9 Å². The van der Waals surface area contributed by atoms with Gasteiger partial charge in [-0.25, -0.2) is 4.98 Å². The highest BCUT2D eigenvalue weighted by Gasteiger charge is 2.12. The number of rotatable bonds is 6. The molecule has 0 saturated heterocycles. The molecule has 5 aromatic rings. The number of carbonyl (C=O) groups excluding carboxylic acids is 1. The number of tetrazole rings is 1. The molecule has 1 amide bonds. The first kappa shape index (κ1) is 19.9. The molecule has 8 nitrogen and oxygen atoms in total. The molecule has 32 heavy (non-hydrogen) atoms. The minimum Gasteiger partial charge on any atom is -0.352 e. The monoisotopic (exact) mass is 443 g/mol. The maximum absolute atomic E-state index is 12.5. The number of amides is 1. The average molecular weight is 444 g/mol. The molecule has 2 aromatic heterocycles. The lowest BCUT2D eigenvalue weighted by molar-refractivity contribution is 0.0954. The second-order valence-corrected chi connectivity index (χ2v) is 7.63.